The molecule has 0 saturated heterocycles. The summed E-state index contributed by atoms with van der Waals surface area (Å²) in [6.07, 6.45) is 2.96. The number of amides is 2. The Balaban J connectivity index is 1.59. The second kappa shape index (κ2) is 7.13. The third kappa shape index (κ3) is 3.16. The molecule has 28 heavy (non-hydrogen) atoms. The van der Waals surface area contributed by atoms with Crippen LogP contribution in [0.15, 0.2) is 54.7 Å². The summed E-state index contributed by atoms with van der Waals surface area (Å²) in [6.45, 7) is 0. The van der Waals surface area contributed by atoms with Crippen LogP contribution in [0.4, 0.5) is 0 Å². The standard InChI is InChI=1S/C22H23N3O3/c1-25(28-2)21(27)22(12-15-7-3-4-8-16(15)13-22)24-20(26)11-17-14-23-19-10-6-5-9-18(17)19/h3-10,14,23H,11-13H2,1-2H3,(H,24,26). The smallest absolute Gasteiger partial charge is 0.272 e. The van der Waals surface area contributed by atoms with Gasteiger partial charge < -0.3 is 10.3 Å². The lowest BCUT2D eigenvalue weighted by Gasteiger charge is -2.32. The fourth-order valence-electron chi connectivity index (χ4n) is 4.05. The van der Waals surface area contributed by atoms with Gasteiger partial charge in [0, 0.05) is 37.0 Å². The molecule has 0 saturated carbocycles. The normalized spacial score (nSPS) is 14.6. The molecule has 0 radical (unpaired) electrons. The number of hydrogen-bond acceptors (Lipinski definition) is 3. The first kappa shape index (κ1) is 18.3. The second-order valence-electron chi connectivity index (χ2n) is 7.27. The van der Waals surface area contributed by atoms with Crippen molar-refractivity contribution in [2.75, 3.05) is 14.2 Å². The number of carbonyl (C=O) groups is 2. The SMILES string of the molecule is CON(C)C(=O)C1(NC(=O)Cc2c[nH]c3ccccc23)Cc2ccccc2C1. The monoisotopic (exact) mass is 377 g/mol. The van der Waals surface area contributed by atoms with E-state index in [9.17, 15) is 9.59 Å². The molecular weight excluding hydrogens is 354 g/mol. The number of benzene rings is 2. The summed E-state index contributed by atoms with van der Waals surface area (Å²) in [5.74, 6) is -0.436. The van der Waals surface area contributed by atoms with Crippen molar-refractivity contribution in [3.63, 3.8) is 0 Å². The Labute approximate surface area is 163 Å². The van der Waals surface area contributed by atoms with E-state index >= 15 is 0 Å². The van der Waals surface area contributed by atoms with Crippen molar-refractivity contribution < 1.29 is 14.4 Å². The van der Waals surface area contributed by atoms with E-state index in [1.54, 1.807) is 7.05 Å². The maximum absolute atomic E-state index is 13.1. The maximum Gasteiger partial charge on any atom is 0.272 e. The molecule has 1 aliphatic rings. The van der Waals surface area contributed by atoms with Gasteiger partial charge in [0.05, 0.1) is 13.5 Å². The number of fused-ring (bicyclic) bond motifs is 2. The molecule has 0 aliphatic heterocycles. The third-order valence-electron chi connectivity index (χ3n) is 5.48. The Hall–Kier alpha value is -3.12. The average molecular weight is 377 g/mol. The minimum Gasteiger partial charge on any atom is -0.361 e. The summed E-state index contributed by atoms with van der Waals surface area (Å²) in [6, 6.07) is 15.8. The summed E-state index contributed by atoms with van der Waals surface area (Å²) >= 11 is 0. The lowest BCUT2D eigenvalue weighted by molar-refractivity contribution is -0.176. The third-order valence-corrected chi connectivity index (χ3v) is 5.48. The van der Waals surface area contributed by atoms with E-state index in [0.29, 0.717) is 12.8 Å². The zero-order chi connectivity index (χ0) is 19.7. The molecule has 0 bridgehead atoms. The molecule has 6 heteroatoms. The van der Waals surface area contributed by atoms with E-state index < -0.39 is 5.54 Å². The number of rotatable bonds is 5. The van der Waals surface area contributed by atoms with E-state index in [2.05, 4.69) is 10.3 Å². The van der Waals surface area contributed by atoms with Gasteiger partial charge in [0.1, 0.15) is 5.54 Å². The highest BCUT2D eigenvalue weighted by Crippen LogP contribution is 2.32. The number of nitrogens with zero attached hydrogens (tertiary/aromatic N) is 1. The van der Waals surface area contributed by atoms with Gasteiger partial charge in [0.25, 0.3) is 5.91 Å². The van der Waals surface area contributed by atoms with Crippen LogP contribution in [0, 0.1) is 0 Å². The van der Waals surface area contributed by atoms with Gasteiger partial charge in [-0.1, -0.05) is 42.5 Å². The summed E-state index contributed by atoms with van der Waals surface area (Å²) in [5, 5.41) is 5.24. The number of carbonyl (C=O) groups excluding carboxylic acids is 2. The number of hydroxylamine groups is 2. The molecule has 0 atom stereocenters. The van der Waals surface area contributed by atoms with E-state index in [1.165, 1.54) is 12.2 Å². The first-order valence-corrected chi connectivity index (χ1v) is 9.27. The molecular formula is C22H23N3O3. The predicted octanol–water partition coefficient (Wildman–Crippen LogP) is 2.38. The minimum absolute atomic E-state index is 0.185. The van der Waals surface area contributed by atoms with Crippen LogP contribution < -0.4 is 5.32 Å². The fourth-order valence-corrected chi connectivity index (χ4v) is 4.05. The molecule has 144 valence electrons. The Bertz CT molecular complexity index is 1020. The second-order valence-corrected chi connectivity index (χ2v) is 7.27. The quantitative estimate of drug-likeness (QED) is 0.671. The number of likely N-dealkylation sites (N-methyl/N-ethyl adjacent to an activating group) is 1. The summed E-state index contributed by atoms with van der Waals surface area (Å²) in [4.78, 5) is 34.3. The van der Waals surface area contributed by atoms with Gasteiger partial charge in [-0.3, -0.25) is 14.4 Å². The zero-order valence-corrected chi connectivity index (χ0v) is 16.0. The lowest BCUT2D eigenvalue weighted by atomic mass is 9.93. The molecule has 6 nitrogen and oxygen atoms in total. The number of H-pyrrole nitrogens is 1. The molecule has 0 fully saturated rings. The van der Waals surface area contributed by atoms with Crippen molar-refractivity contribution in [2.45, 2.75) is 24.8 Å². The van der Waals surface area contributed by atoms with Crippen LogP contribution in [0.5, 0.6) is 0 Å². The summed E-state index contributed by atoms with van der Waals surface area (Å²) < 4.78 is 0. The Morgan fingerprint density at radius 2 is 1.75 bits per heavy atom. The number of para-hydroxylation sites is 1. The number of aromatic amines is 1. The molecule has 4 rings (SSSR count). The Morgan fingerprint density at radius 3 is 2.43 bits per heavy atom. The molecule has 1 aliphatic carbocycles. The number of hydrogen-bond donors (Lipinski definition) is 2. The summed E-state index contributed by atoms with van der Waals surface area (Å²) in [7, 11) is 3.01. The van der Waals surface area contributed by atoms with Gasteiger partial charge >= 0.3 is 0 Å². The van der Waals surface area contributed by atoms with Crippen molar-refractivity contribution in [1.29, 1.82) is 0 Å². The molecule has 1 heterocycles. The van der Waals surface area contributed by atoms with Gasteiger partial charge in [-0.15, -0.1) is 0 Å². The Morgan fingerprint density at radius 1 is 1.11 bits per heavy atom. The first-order chi connectivity index (χ1) is 13.5. The molecule has 0 spiro atoms. The highest BCUT2D eigenvalue weighted by Gasteiger charge is 2.46. The molecule has 2 amide bonds. The van der Waals surface area contributed by atoms with Gasteiger partial charge in [0.2, 0.25) is 5.91 Å². The van der Waals surface area contributed by atoms with E-state index in [-0.39, 0.29) is 18.2 Å². The minimum atomic E-state index is -1.03. The average Bonchev–Trinajstić information content (AvgIpc) is 3.28. The van der Waals surface area contributed by atoms with E-state index in [1.807, 2.05) is 54.7 Å². The van der Waals surface area contributed by atoms with Crippen molar-refractivity contribution in [3.8, 4) is 0 Å². The highest BCUT2D eigenvalue weighted by molar-refractivity contribution is 5.94. The van der Waals surface area contributed by atoms with Crippen LogP contribution in [-0.4, -0.2) is 41.6 Å². The van der Waals surface area contributed by atoms with Crippen molar-refractivity contribution in [3.05, 3.63) is 71.4 Å². The van der Waals surface area contributed by atoms with Crippen LogP contribution in [0.1, 0.15) is 16.7 Å². The van der Waals surface area contributed by atoms with Gasteiger partial charge in [-0.25, -0.2) is 5.06 Å². The molecule has 0 unspecified atom stereocenters. The van der Waals surface area contributed by atoms with Gasteiger partial charge in [0.15, 0.2) is 0 Å². The van der Waals surface area contributed by atoms with Crippen LogP contribution in [0.25, 0.3) is 10.9 Å². The zero-order valence-electron chi connectivity index (χ0n) is 16.0. The fraction of sp³-hybridized carbons (Fsp3) is 0.273. The number of aromatic nitrogens is 1. The van der Waals surface area contributed by atoms with Crippen LogP contribution in [0.2, 0.25) is 0 Å². The number of nitrogens with one attached hydrogen (secondary N) is 2. The Kier molecular flexibility index (Phi) is 4.65. The molecule has 1 aromatic heterocycles. The van der Waals surface area contributed by atoms with Crippen molar-refractivity contribution >= 4 is 22.7 Å². The van der Waals surface area contributed by atoms with Crippen molar-refractivity contribution in [2.24, 2.45) is 0 Å². The van der Waals surface area contributed by atoms with Crippen LogP contribution in [0.3, 0.4) is 0 Å². The highest BCUT2D eigenvalue weighted by atomic mass is 16.7. The predicted molar refractivity (Wildman–Crippen MR) is 107 cm³/mol. The first-order valence-electron chi connectivity index (χ1n) is 9.27. The largest absolute Gasteiger partial charge is 0.361 e. The van der Waals surface area contributed by atoms with Gasteiger partial charge in [-0.2, -0.15) is 0 Å². The summed E-state index contributed by atoms with van der Waals surface area (Å²) in [5.41, 5.74) is 3.02. The van der Waals surface area contributed by atoms with Crippen molar-refractivity contribution in [1.82, 2.24) is 15.4 Å². The molecule has 2 N–H and O–H groups in total. The van der Waals surface area contributed by atoms with Gasteiger partial charge in [-0.05, 0) is 22.8 Å². The molecule has 3 aromatic rings. The molecule has 2 aromatic carbocycles. The van der Waals surface area contributed by atoms with E-state index in [0.717, 1.165) is 27.6 Å². The van der Waals surface area contributed by atoms with Crippen LogP contribution >= 0.6 is 0 Å². The lowest BCUT2D eigenvalue weighted by Crippen LogP contribution is -2.60. The van der Waals surface area contributed by atoms with Crippen LogP contribution in [-0.2, 0) is 33.7 Å². The maximum atomic E-state index is 13.1. The van der Waals surface area contributed by atoms with E-state index in [4.69, 9.17) is 4.84 Å². The topological polar surface area (TPSA) is 74.4 Å².